The van der Waals surface area contributed by atoms with Crippen LogP contribution in [0.1, 0.15) is 34.8 Å². The van der Waals surface area contributed by atoms with Gasteiger partial charge >= 0.3 is 0 Å². The second kappa shape index (κ2) is 7.97. The number of rotatable bonds is 7. The van der Waals surface area contributed by atoms with Crippen molar-refractivity contribution in [2.24, 2.45) is 0 Å². The molecule has 2 aromatic carbocycles. The number of phenolic OH excluding ortho intramolecular Hbond substituents is 1. The summed E-state index contributed by atoms with van der Waals surface area (Å²) in [6, 6.07) is 13.5. The number of hydrogen-bond donors (Lipinski definition) is 3. The molecule has 2 rings (SSSR count). The molecule has 3 N–H and O–H groups in total. The van der Waals surface area contributed by atoms with Crippen molar-refractivity contribution in [1.29, 1.82) is 0 Å². The molecule has 0 bridgehead atoms. The smallest absolute Gasteiger partial charge is 0.115 e. The van der Waals surface area contributed by atoms with Gasteiger partial charge in [-0.05, 0) is 68.6 Å². The molecule has 0 aliphatic carbocycles. The van der Waals surface area contributed by atoms with E-state index in [0.717, 1.165) is 30.6 Å². The first-order valence-corrected chi connectivity index (χ1v) is 7.80. The molecule has 0 saturated carbocycles. The third-order valence-corrected chi connectivity index (χ3v) is 3.91. The minimum atomic E-state index is -0.415. The Kier molecular flexibility index (Phi) is 5.99. The van der Waals surface area contributed by atoms with Crippen LogP contribution in [0.5, 0.6) is 5.75 Å². The summed E-state index contributed by atoms with van der Waals surface area (Å²) in [5, 5.41) is 22.9. The maximum atomic E-state index is 10.3. The highest BCUT2D eigenvalue weighted by molar-refractivity contribution is 5.32. The Morgan fingerprint density at radius 1 is 1.00 bits per heavy atom. The van der Waals surface area contributed by atoms with Gasteiger partial charge in [-0.25, -0.2) is 0 Å². The molecule has 118 valence electrons. The fraction of sp³-hybridized carbons (Fsp3) is 0.368. The molecular formula is C19H25NO2. The zero-order chi connectivity index (χ0) is 15.9. The molecule has 1 atom stereocenters. The van der Waals surface area contributed by atoms with E-state index in [0.29, 0.717) is 12.2 Å². The van der Waals surface area contributed by atoms with Crippen LogP contribution in [0.4, 0.5) is 0 Å². The zero-order valence-corrected chi connectivity index (χ0v) is 13.3. The second-order valence-electron chi connectivity index (χ2n) is 5.83. The lowest BCUT2D eigenvalue weighted by Gasteiger charge is -2.14. The second-order valence-corrected chi connectivity index (χ2v) is 5.83. The van der Waals surface area contributed by atoms with Gasteiger partial charge in [0.05, 0.1) is 6.10 Å². The Labute approximate surface area is 132 Å². The van der Waals surface area contributed by atoms with Gasteiger partial charge in [0.1, 0.15) is 5.75 Å². The van der Waals surface area contributed by atoms with Crippen molar-refractivity contribution in [3.63, 3.8) is 0 Å². The first-order chi connectivity index (χ1) is 10.6. The lowest BCUT2D eigenvalue weighted by Crippen LogP contribution is -2.20. The number of phenols is 1. The lowest BCUT2D eigenvalue weighted by molar-refractivity contribution is 0.166. The average molecular weight is 299 g/mol. The summed E-state index contributed by atoms with van der Waals surface area (Å²) in [5.74, 6) is 0.299. The van der Waals surface area contributed by atoms with Crippen LogP contribution in [0, 0.1) is 13.8 Å². The molecule has 3 heteroatoms. The van der Waals surface area contributed by atoms with Crippen LogP contribution >= 0.6 is 0 Å². The van der Waals surface area contributed by atoms with E-state index in [1.807, 2.05) is 31.2 Å². The van der Waals surface area contributed by atoms with Gasteiger partial charge in [-0.1, -0.05) is 35.9 Å². The number of aromatic hydroxyl groups is 1. The Morgan fingerprint density at radius 3 is 2.41 bits per heavy atom. The Morgan fingerprint density at radius 2 is 1.73 bits per heavy atom. The molecule has 0 radical (unpaired) electrons. The summed E-state index contributed by atoms with van der Waals surface area (Å²) >= 11 is 0. The topological polar surface area (TPSA) is 52.5 Å². The summed E-state index contributed by atoms with van der Waals surface area (Å²) in [6.07, 6.45) is 1.21. The average Bonchev–Trinajstić information content (AvgIpc) is 2.48. The quantitative estimate of drug-likeness (QED) is 0.688. The SMILES string of the molecule is Cc1ccc(C(O)CCNCCc2ccc(O)cc2)c(C)c1. The molecule has 3 nitrogen and oxygen atoms in total. The Balaban J connectivity index is 1.71. The van der Waals surface area contributed by atoms with Gasteiger partial charge in [-0.2, -0.15) is 0 Å². The van der Waals surface area contributed by atoms with Crippen molar-refractivity contribution in [3.8, 4) is 5.75 Å². The highest BCUT2D eigenvalue weighted by Gasteiger charge is 2.09. The monoisotopic (exact) mass is 299 g/mol. The van der Waals surface area contributed by atoms with E-state index < -0.39 is 6.10 Å². The summed E-state index contributed by atoms with van der Waals surface area (Å²) in [5.41, 5.74) is 4.59. The van der Waals surface area contributed by atoms with E-state index in [4.69, 9.17) is 0 Å². The number of benzene rings is 2. The van der Waals surface area contributed by atoms with Gasteiger partial charge in [0.15, 0.2) is 0 Å². The molecular weight excluding hydrogens is 274 g/mol. The zero-order valence-electron chi connectivity index (χ0n) is 13.3. The third kappa shape index (κ3) is 4.86. The van der Waals surface area contributed by atoms with Gasteiger partial charge in [-0.15, -0.1) is 0 Å². The van der Waals surface area contributed by atoms with E-state index in [1.54, 1.807) is 12.1 Å². The Bertz CT molecular complexity index is 593. The van der Waals surface area contributed by atoms with E-state index in [9.17, 15) is 10.2 Å². The Hall–Kier alpha value is -1.84. The van der Waals surface area contributed by atoms with Crippen LogP contribution in [0.3, 0.4) is 0 Å². The summed E-state index contributed by atoms with van der Waals surface area (Å²) in [4.78, 5) is 0. The minimum Gasteiger partial charge on any atom is -0.508 e. The van der Waals surface area contributed by atoms with Gasteiger partial charge in [0.2, 0.25) is 0 Å². The maximum Gasteiger partial charge on any atom is 0.115 e. The molecule has 0 aliphatic heterocycles. The summed E-state index contributed by atoms with van der Waals surface area (Å²) in [6.45, 7) is 5.76. The number of aliphatic hydroxyl groups is 1. The van der Waals surface area contributed by atoms with Gasteiger partial charge in [0, 0.05) is 0 Å². The minimum absolute atomic E-state index is 0.299. The van der Waals surface area contributed by atoms with Crippen LogP contribution in [0.25, 0.3) is 0 Å². The maximum absolute atomic E-state index is 10.3. The molecule has 0 amide bonds. The van der Waals surface area contributed by atoms with E-state index in [2.05, 4.69) is 18.3 Å². The van der Waals surface area contributed by atoms with Crippen LogP contribution in [-0.2, 0) is 6.42 Å². The number of hydrogen-bond acceptors (Lipinski definition) is 3. The first-order valence-electron chi connectivity index (χ1n) is 7.80. The molecule has 1 unspecified atom stereocenters. The molecule has 0 aromatic heterocycles. The highest BCUT2D eigenvalue weighted by Crippen LogP contribution is 2.21. The van der Waals surface area contributed by atoms with Crippen molar-refractivity contribution in [1.82, 2.24) is 5.32 Å². The van der Waals surface area contributed by atoms with Crippen LogP contribution in [0.15, 0.2) is 42.5 Å². The molecule has 22 heavy (non-hydrogen) atoms. The number of aryl methyl sites for hydroxylation is 2. The predicted octanol–water partition coefficient (Wildman–Crippen LogP) is 3.26. The van der Waals surface area contributed by atoms with E-state index >= 15 is 0 Å². The molecule has 0 spiro atoms. The standard InChI is InChI=1S/C19H25NO2/c1-14-3-8-18(15(2)13-14)19(22)10-12-20-11-9-16-4-6-17(21)7-5-16/h3-8,13,19-22H,9-12H2,1-2H3. The molecule has 0 fully saturated rings. The van der Waals surface area contributed by atoms with E-state index in [-0.39, 0.29) is 0 Å². The van der Waals surface area contributed by atoms with Crippen LogP contribution in [-0.4, -0.2) is 23.3 Å². The fourth-order valence-corrected chi connectivity index (χ4v) is 2.61. The number of nitrogens with one attached hydrogen (secondary N) is 1. The van der Waals surface area contributed by atoms with Crippen molar-refractivity contribution in [2.75, 3.05) is 13.1 Å². The van der Waals surface area contributed by atoms with Gasteiger partial charge in [-0.3, -0.25) is 0 Å². The molecule has 0 aliphatic rings. The van der Waals surface area contributed by atoms with Crippen LogP contribution in [0.2, 0.25) is 0 Å². The molecule has 2 aromatic rings. The number of aliphatic hydroxyl groups excluding tert-OH is 1. The molecule has 0 saturated heterocycles. The highest BCUT2D eigenvalue weighted by atomic mass is 16.3. The normalized spacial score (nSPS) is 12.3. The largest absolute Gasteiger partial charge is 0.508 e. The van der Waals surface area contributed by atoms with Crippen LogP contribution < -0.4 is 5.32 Å². The van der Waals surface area contributed by atoms with Crippen molar-refractivity contribution < 1.29 is 10.2 Å². The van der Waals surface area contributed by atoms with Crippen molar-refractivity contribution >= 4 is 0 Å². The third-order valence-electron chi connectivity index (χ3n) is 3.91. The first kappa shape index (κ1) is 16.5. The predicted molar refractivity (Wildman–Crippen MR) is 90.2 cm³/mol. The van der Waals surface area contributed by atoms with E-state index in [1.165, 1.54) is 11.1 Å². The van der Waals surface area contributed by atoms with Crippen molar-refractivity contribution in [3.05, 3.63) is 64.7 Å². The summed E-state index contributed by atoms with van der Waals surface area (Å²) < 4.78 is 0. The molecule has 0 heterocycles. The fourth-order valence-electron chi connectivity index (χ4n) is 2.61. The van der Waals surface area contributed by atoms with Crippen molar-refractivity contribution in [2.45, 2.75) is 32.8 Å². The summed E-state index contributed by atoms with van der Waals surface area (Å²) in [7, 11) is 0. The lowest BCUT2D eigenvalue weighted by atomic mass is 9.99. The van der Waals surface area contributed by atoms with Gasteiger partial charge < -0.3 is 15.5 Å². The van der Waals surface area contributed by atoms with Gasteiger partial charge in [0.25, 0.3) is 0 Å².